The fraction of sp³-hybridized carbons (Fsp3) is 0.889. The smallest absolute Gasteiger partial charge is 0.0991 e. The minimum Gasteiger partial charge on any atom is -0.384 e. The van der Waals surface area contributed by atoms with Crippen LogP contribution in [0.25, 0.3) is 0 Å². The van der Waals surface area contributed by atoms with Crippen LogP contribution in [-0.4, -0.2) is 23.0 Å². The molecule has 0 spiro atoms. The molecule has 0 bridgehead atoms. The normalized spacial score (nSPS) is 16.6. The van der Waals surface area contributed by atoms with E-state index in [1.807, 2.05) is 20.8 Å². The van der Waals surface area contributed by atoms with Crippen LogP contribution in [0.15, 0.2) is 4.99 Å². The SMILES string of the molecule is CCCC(C)(O)C(C)=NCC.[Eu]. The van der Waals surface area contributed by atoms with Crippen molar-refractivity contribution < 1.29 is 54.5 Å². The molecule has 1 N–H and O–H groups in total. The van der Waals surface area contributed by atoms with Gasteiger partial charge in [-0.15, -0.1) is 0 Å². The average Bonchev–Trinajstić information content (AvgIpc) is 1.88. The molecule has 1 unspecified atom stereocenters. The molecule has 12 heavy (non-hydrogen) atoms. The summed E-state index contributed by atoms with van der Waals surface area (Å²) in [6.07, 6.45) is 1.78. The first-order valence-electron chi connectivity index (χ1n) is 4.28. The molecule has 0 aliphatic rings. The second-order valence-corrected chi connectivity index (χ2v) is 3.08. The van der Waals surface area contributed by atoms with Crippen molar-refractivity contribution in [2.24, 2.45) is 4.99 Å². The van der Waals surface area contributed by atoms with Crippen molar-refractivity contribution in [1.82, 2.24) is 0 Å². The molecule has 1 radical (unpaired) electrons. The quantitative estimate of drug-likeness (QED) is 0.792. The Labute approximate surface area is 116 Å². The van der Waals surface area contributed by atoms with E-state index in [-0.39, 0.29) is 49.4 Å². The van der Waals surface area contributed by atoms with Gasteiger partial charge in [0, 0.05) is 61.6 Å². The molecule has 0 rings (SSSR count). The molecule has 0 aromatic carbocycles. The van der Waals surface area contributed by atoms with Crippen molar-refractivity contribution in [2.45, 2.75) is 46.1 Å². The third-order valence-corrected chi connectivity index (χ3v) is 1.91. The molecule has 0 aliphatic heterocycles. The Balaban J connectivity index is 0. The van der Waals surface area contributed by atoms with Crippen LogP contribution in [0.1, 0.15) is 40.5 Å². The molecule has 2 nitrogen and oxygen atoms in total. The summed E-state index contributed by atoms with van der Waals surface area (Å²) in [5.74, 6) is 0. The second-order valence-electron chi connectivity index (χ2n) is 3.08. The first-order valence-corrected chi connectivity index (χ1v) is 4.28. The van der Waals surface area contributed by atoms with Gasteiger partial charge in [-0.2, -0.15) is 0 Å². The molecule has 0 amide bonds. The summed E-state index contributed by atoms with van der Waals surface area (Å²) in [6, 6.07) is 0. The van der Waals surface area contributed by atoms with Crippen LogP contribution >= 0.6 is 0 Å². The van der Waals surface area contributed by atoms with Crippen LogP contribution < -0.4 is 0 Å². The molecular formula is C9H19EuNO. The van der Waals surface area contributed by atoms with Gasteiger partial charge in [0.2, 0.25) is 0 Å². The van der Waals surface area contributed by atoms with Crippen molar-refractivity contribution in [3.05, 3.63) is 0 Å². The number of aliphatic hydroxyl groups is 1. The maximum atomic E-state index is 9.78. The Morgan fingerprint density at radius 1 is 1.42 bits per heavy atom. The van der Waals surface area contributed by atoms with Crippen molar-refractivity contribution in [1.29, 1.82) is 0 Å². The van der Waals surface area contributed by atoms with Gasteiger partial charge < -0.3 is 5.11 Å². The van der Waals surface area contributed by atoms with Gasteiger partial charge in [-0.25, -0.2) is 0 Å². The van der Waals surface area contributed by atoms with Crippen LogP contribution in [0.2, 0.25) is 0 Å². The average molecular weight is 309 g/mol. The van der Waals surface area contributed by atoms with E-state index < -0.39 is 5.60 Å². The van der Waals surface area contributed by atoms with Crippen molar-refractivity contribution in [3.63, 3.8) is 0 Å². The summed E-state index contributed by atoms with van der Waals surface area (Å²) in [5.41, 5.74) is 0.159. The largest absolute Gasteiger partial charge is 0.384 e. The Hall–Kier alpha value is 1.21. The second kappa shape index (κ2) is 7.60. The van der Waals surface area contributed by atoms with Gasteiger partial charge in [-0.3, -0.25) is 4.99 Å². The van der Waals surface area contributed by atoms with Crippen LogP contribution in [-0.2, 0) is 0 Å². The molecular weight excluding hydrogens is 290 g/mol. The molecule has 0 aliphatic carbocycles. The third-order valence-electron chi connectivity index (χ3n) is 1.91. The molecule has 3 heteroatoms. The monoisotopic (exact) mass is 310 g/mol. The van der Waals surface area contributed by atoms with E-state index in [0.717, 1.165) is 25.1 Å². The van der Waals surface area contributed by atoms with Gasteiger partial charge in [0.05, 0.1) is 5.60 Å². The summed E-state index contributed by atoms with van der Waals surface area (Å²) in [5, 5.41) is 9.78. The third kappa shape index (κ3) is 5.79. The van der Waals surface area contributed by atoms with Gasteiger partial charge in [-0.1, -0.05) is 13.3 Å². The topological polar surface area (TPSA) is 32.6 Å². The zero-order valence-corrected chi connectivity index (χ0v) is 10.8. The van der Waals surface area contributed by atoms with Gasteiger partial charge >= 0.3 is 0 Å². The summed E-state index contributed by atoms with van der Waals surface area (Å²) in [6.45, 7) is 8.51. The van der Waals surface area contributed by atoms with E-state index in [2.05, 4.69) is 11.9 Å². The molecule has 73 valence electrons. The Morgan fingerprint density at radius 3 is 2.25 bits per heavy atom. The van der Waals surface area contributed by atoms with Crippen LogP contribution in [0.5, 0.6) is 0 Å². The van der Waals surface area contributed by atoms with E-state index >= 15 is 0 Å². The van der Waals surface area contributed by atoms with Crippen molar-refractivity contribution >= 4 is 5.71 Å². The zero-order chi connectivity index (χ0) is 8.91. The molecule has 0 saturated heterocycles. The molecule has 0 fully saturated rings. The van der Waals surface area contributed by atoms with Crippen LogP contribution in [0.4, 0.5) is 0 Å². The van der Waals surface area contributed by atoms with E-state index in [4.69, 9.17) is 0 Å². The number of rotatable bonds is 4. The van der Waals surface area contributed by atoms with Crippen LogP contribution in [0.3, 0.4) is 0 Å². The molecule has 0 saturated carbocycles. The summed E-state index contributed by atoms with van der Waals surface area (Å²) in [7, 11) is 0. The maximum Gasteiger partial charge on any atom is 0.0991 e. The van der Waals surface area contributed by atoms with E-state index in [9.17, 15) is 5.11 Å². The minimum absolute atomic E-state index is 0. The van der Waals surface area contributed by atoms with E-state index in [0.29, 0.717) is 0 Å². The first kappa shape index (κ1) is 15.7. The maximum absolute atomic E-state index is 9.78. The predicted molar refractivity (Wildman–Crippen MR) is 49.2 cm³/mol. The van der Waals surface area contributed by atoms with E-state index in [1.165, 1.54) is 0 Å². The predicted octanol–water partition coefficient (Wildman–Crippen LogP) is 2.02. The summed E-state index contributed by atoms with van der Waals surface area (Å²) >= 11 is 0. The van der Waals surface area contributed by atoms with Gasteiger partial charge in [0.1, 0.15) is 0 Å². The number of aliphatic imine (C=N–C) groups is 1. The number of hydrogen-bond donors (Lipinski definition) is 1. The zero-order valence-electron chi connectivity index (χ0n) is 8.39. The van der Waals surface area contributed by atoms with Crippen molar-refractivity contribution in [3.8, 4) is 0 Å². The van der Waals surface area contributed by atoms with E-state index in [1.54, 1.807) is 0 Å². The summed E-state index contributed by atoms with van der Waals surface area (Å²) in [4.78, 5) is 4.18. The van der Waals surface area contributed by atoms with Gasteiger partial charge in [0.15, 0.2) is 0 Å². The Bertz CT molecular complexity index is 143. The fourth-order valence-electron chi connectivity index (χ4n) is 1.08. The number of hydrogen-bond acceptors (Lipinski definition) is 2. The first-order chi connectivity index (χ1) is 5.04. The van der Waals surface area contributed by atoms with Crippen molar-refractivity contribution in [2.75, 3.05) is 6.54 Å². The fourth-order valence-corrected chi connectivity index (χ4v) is 1.08. The Morgan fingerprint density at radius 2 is 1.92 bits per heavy atom. The van der Waals surface area contributed by atoms with Gasteiger partial charge in [0.25, 0.3) is 0 Å². The Kier molecular flexibility index (Phi) is 9.93. The van der Waals surface area contributed by atoms with Crippen LogP contribution in [0, 0.1) is 49.4 Å². The van der Waals surface area contributed by atoms with Gasteiger partial charge in [-0.05, 0) is 27.2 Å². The summed E-state index contributed by atoms with van der Waals surface area (Å²) < 4.78 is 0. The molecule has 0 aromatic rings. The standard InChI is InChI=1S/C9H19NO.Eu/c1-5-7-9(4,11)8(3)10-6-2;/h11H,5-7H2,1-4H3;. The minimum atomic E-state index is -0.690. The molecule has 1 atom stereocenters. The number of nitrogens with zero attached hydrogens (tertiary/aromatic N) is 1. The molecule has 0 heterocycles. The molecule has 0 aromatic heterocycles.